The van der Waals surface area contributed by atoms with Gasteiger partial charge in [0.1, 0.15) is 5.75 Å². The van der Waals surface area contributed by atoms with Crippen LogP contribution in [0, 0.1) is 13.8 Å². The number of aromatic nitrogens is 1. The molecule has 0 aliphatic heterocycles. The van der Waals surface area contributed by atoms with E-state index in [0.717, 1.165) is 22.3 Å². The van der Waals surface area contributed by atoms with Gasteiger partial charge in [0.2, 0.25) is 0 Å². The molecular formula is C16H17NO3. The monoisotopic (exact) mass is 271 g/mol. The number of carbonyl (C=O) groups excluding carboxylic acids is 1. The fourth-order valence-corrected chi connectivity index (χ4v) is 2.08. The van der Waals surface area contributed by atoms with Crippen LogP contribution in [0.3, 0.4) is 0 Å². The van der Waals surface area contributed by atoms with Gasteiger partial charge in [-0.05, 0) is 48.7 Å². The average Bonchev–Trinajstić information content (AvgIpc) is 2.46. The number of hydrogen-bond acceptors (Lipinski definition) is 4. The Morgan fingerprint density at radius 1 is 1.20 bits per heavy atom. The van der Waals surface area contributed by atoms with Crippen LogP contribution in [0.4, 0.5) is 0 Å². The average molecular weight is 271 g/mol. The first-order valence-electron chi connectivity index (χ1n) is 6.33. The molecule has 0 amide bonds. The lowest BCUT2D eigenvalue weighted by atomic mass is 10.00. The second kappa shape index (κ2) is 6.19. The molecule has 0 spiro atoms. The van der Waals surface area contributed by atoms with Crippen LogP contribution in [-0.4, -0.2) is 24.7 Å². The molecule has 20 heavy (non-hydrogen) atoms. The van der Waals surface area contributed by atoms with Crippen molar-refractivity contribution in [2.24, 2.45) is 0 Å². The molecule has 1 heterocycles. The molecule has 104 valence electrons. The maximum atomic E-state index is 11.3. The molecule has 0 fully saturated rings. The van der Waals surface area contributed by atoms with Crippen LogP contribution >= 0.6 is 0 Å². The zero-order chi connectivity index (χ0) is 14.5. The van der Waals surface area contributed by atoms with Crippen molar-refractivity contribution in [3.8, 4) is 16.9 Å². The first-order chi connectivity index (χ1) is 9.61. The first-order valence-corrected chi connectivity index (χ1v) is 6.33. The van der Waals surface area contributed by atoms with Gasteiger partial charge in [-0.2, -0.15) is 0 Å². The molecule has 2 rings (SSSR count). The minimum atomic E-state index is -0.398. The molecule has 0 bridgehead atoms. The highest BCUT2D eigenvalue weighted by Gasteiger charge is 2.12. The first kappa shape index (κ1) is 14.1. The number of pyridine rings is 1. The molecule has 0 saturated heterocycles. The number of aryl methyl sites for hydroxylation is 2. The zero-order valence-electron chi connectivity index (χ0n) is 11.8. The Morgan fingerprint density at radius 2 is 1.90 bits per heavy atom. The van der Waals surface area contributed by atoms with Gasteiger partial charge in [0.05, 0.1) is 7.11 Å². The predicted molar refractivity (Wildman–Crippen MR) is 76.7 cm³/mol. The number of hydrogen-bond donors (Lipinski definition) is 0. The third-order valence-electron chi connectivity index (χ3n) is 2.97. The molecule has 2 aromatic rings. The Labute approximate surface area is 118 Å². The van der Waals surface area contributed by atoms with Crippen molar-refractivity contribution in [1.29, 1.82) is 0 Å². The van der Waals surface area contributed by atoms with Gasteiger partial charge >= 0.3 is 5.97 Å². The highest BCUT2D eigenvalue weighted by Crippen LogP contribution is 2.34. The van der Waals surface area contributed by atoms with Gasteiger partial charge in [-0.3, -0.25) is 4.98 Å². The Kier molecular flexibility index (Phi) is 4.35. The van der Waals surface area contributed by atoms with Crippen molar-refractivity contribution in [3.63, 3.8) is 0 Å². The molecule has 0 unspecified atom stereocenters. The summed E-state index contributed by atoms with van der Waals surface area (Å²) in [4.78, 5) is 15.3. The standard InChI is InChI=1S/C16H17NO3/c1-11-8-12(2)16(20-10-15(18)19-3)14(9-11)13-4-6-17-7-5-13/h4-9H,10H2,1-3H3. The SMILES string of the molecule is COC(=O)COc1c(C)cc(C)cc1-c1ccncc1. The second-order valence-electron chi connectivity index (χ2n) is 4.56. The van der Waals surface area contributed by atoms with Gasteiger partial charge in [0, 0.05) is 18.0 Å². The summed E-state index contributed by atoms with van der Waals surface area (Å²) in [6, 6.07) is 7.89. The Balaban J connectivity index is 2.41. The van der Waals surface area contributed by atoms with Crippen molar-refractivity contribution in [2.45, 2.75) is 13.8 Å². The lowest BCUT2D eigenvalue weighted by Crippen LogP contribution is -2.13. The summed E-state index contributed by atoms with van der Waals surface area (Å²) in [5.74, 6) is 0.304. The second-order valence-corrected chi connectivity index (χ2v) is 4.56. The number of carbonyl (C=O) groups is 1. The lowest BCUT2D eigenvalue weighted by molar-refractivity contribution is -0.142. The fraction of sp³-hybridized carbons (Fsp3) is 0.250. The van der Waals surface area contributed by atoms with E-state index >= 15 is 0 Å². The number of nitrogens with zero attached hydrogens (tertiary/aromatic N) is 1. The summed E-state index contributed by atoms with van der Waals surface area (Å²) >= 11 is 0. The Bertz CT molecular complexity index is 609. The molecule has 1 aromatic heterocycles. The van der Waals surface area contributed by atoms with E-state index in [9.17, 15) is 4.79 Å². The van der Waals surface area contributed by atoms with Crippen molar-refractivity contribution < 1.29 is 14.3 Å². The molecule has 0 N–H and O–H groups in total. The van der Waals surface area contributed by atoms with Crippen LogP contribution < -0.4 is 4.74 Å². The van der Waals surface area contributed by atoms with E-state index in [0.29, 0.717) is 5.75 Å². The maximum absolute atomic E-state index is 11.3. The van der Waals surface area contributed by atoms with Crippen LogP contribution in [-0.2, 0) is 9.53 Å². The molecular weight excluding hydrogens is 254 g/mol. The minimum absolute atomic E-state index is 0.0987. The van der Waals surface area contributed by atoms with Crippen LogP contribution in [0.1, 0.15) is 11.1 Å². The largest absolute Gasteiger partial charge is 0.481 e. The van der Waals surface area contributed by atoms with E-state index in [4.69, 9.17) is 4.74 Å². The normalized spacial score (nSPS) is 10.2. The third kappa shape index (κ3) is 3.15. The smallest absolute Gasteiger partial charge is 0.343 e. The fourth-order valence-electron chi connectivity index (χ4n) is 2.08. The Morgan fingerprint density at radius 3 is 2.55 bits per heavy atom. The highest BCUT2D eigenvalue weighted by atomic mass is 16.6. The topological polar surface area (TPSA) is 48.4 Å². The summed E-state index contributed by atoms with van der Waals surface area (Å²) in [5, 5.41) is 0. The number of methoxy groups -OCH3 is 1. The van der Waals surface area contributed by atoms with Crippen LogP contribution in [0.5, 0.6) is 5.75 Å². The molecule has 0 aliphatic carbocycles. The summed E-state index contributed by atoms with van der Waals surface area (Å²) in [6.07, 6.45) is 3.47. The number of ether oxygens (including phenoxy) is 2. The van der Waals surface area contributed by atoms with Crippen molar-refractivity contribution in [3.05, 3.63) is 47.8 Å². The van der Waals surface area contributed by atoms with Gasteiger partial charge in [0.15, 0.2) is 6.61 Å². The van der Waals surface area contributed by atoms with E-state index in [1.54, 1.807) is 12.4 Å². The highest BCUT2D eigenvalue weighted by molar-refractivity contribution is 5.75. The molecule has 0 atom stereocenters. The van der Waals surface area contributed by atoms with E-state index in [-0.39, 0.29) is 6.61 Å². The molecule has 4 heteroatoms. The number of esters is 1. The minimum Gasteiger partial charge on any atom is -0.481 e. The lowest BCUT2D eigenvalue weighted by Gasteiger charge is -2.15. The van der Waals surface area contributed by atoms with Gasteiger partial charge in [-0.25, -0.2) is 4.79 Å². The maximum Gasteiger partial charge on any atom is 0.343 e. The molecule has 4 nitrogen and oxygen atoms in total. The predicted octanol–water partition coefficient (Wildman–Crippen LogP) is 2.92. The van der Waals surface area contributed by atoms with Gasteiger partial charge < -0.3 is 9.47 Å². The number of rotatable bonds is 4. The van der Waals surface area contributed by atoms with E-state index < -0.39 is 5.97 Å². The summed E-state index contributed by atoms with van der Waals surface area (Å²) in [6.45, 7) is 3.89. The van der Waals surface area contributed by atoms with Gasteiger partial charge in [0.25, 0.3) is 0 Å². The zero-order valence-corrected chi connectivity index (χ0v) is 11.8. The van der Waals surface area contributed by atoms with E-state index in [2.05, 4.69) is 9.72 Å². The quantitative estimate of drug-likeness (QED) is 0.802. The molecule has 1 aromatic carbocycles. The van der Waals surface area contributed by atoms with Crippen LogP contribution in [0.2, 0.25) is 0 Å². The van der Waals surface area contributed by atoms with E-state index in [1.807, 2.05) is 38.1 Å². The molecule has 0 saturated carbocycles. The van der Waals surface area contributed by atoms with Crippen LogP contribution in [0.15, 0.2) is 36.7 Å². The summed E-state index contributed by atoms with van der Waals surface area (Å²) in [7, 11) is 1.34. The van der Waals surface area contributed by atoms with Crippen molar-refractivity contribution in [1.82, 2.24) is 4.98 Å². The molecule has 0 radical (unpaired) electrons. The summed E-state index contributed by atoms with van der Waals surface area (Å²) in [5.41, 5.74) is 4.08. The molecule has 0 aliphatic rings. The van der Waals surface area contributed by atoms with E-state index in [1.165, 1.54) is 7.11 Å². The van der Waals surface area contributed by atoms with Gasteiger partial charge in [-0.15, -0.1) is 0 Å². The van der Waals surface area contributed by atoms with Gasteiger partial charge in [-0.1, -0.05) is 6.07 Å². The van der Waals surface area contributed by atoms with Crippen molar-refractivity contribution >= 4 is 5.97 Å². The third-order valence-corrected chi connectivity index (χ3v) is 2.97. The Hall–Kier alpha value is -2.36. The number of benzene rings is 1. The van der Waals surface area contributed by atoms with Crippen molar-refractivity contribution in [2.75, 3.05) is 13.7 Å². The van der Waals surface area contributed by atoms with Crippen LogP contribution in [0.25, 0.3) is 11.1 Å². The summed E-state index contributed by atoms with van der Waals surface area (Å²) < 4.78 is 10.2.